The van der Waals surface area contributed by atoms with Crippen molar-refractivity contribution in [2.45, 2.75) is 45.5 Å². The zero-order valence-corrected chi connectivity index (χ0v) is 21.5. The minimum Gasteiger partial charge on any atom is -0.439 e. The second-order valence-corrected chi connectivity index (χ2v) is 9.69. The first-order valence-electron chi connectivity index (χ1n) is 12.1. The zero-order chi connectivity index (χ0) is 26.5. The molecule has 0 atom stereocenters. The van der Waals surface area contributed by atoms with E-state index in [0.29, 0.717) is 53.9 Å². The van der Waals surface area contributed by atoms with Crippen LogP contribution < -0.4 is 15.5 Å². The first kappa shape index (κ1) is 26.4. The molecule has 37 heavy (non-hydrogen) atoms. The molecule has 0 radical (unpaired) electrons. The van der Waals surface area contributed by atoms with Crippen molar-refractivity contribution in [3.05, 3.63) is 83.2 Å². The molecule has 0 bridgehead atoms. The molecule has 0 spiro atoms. The summed E-state index contributed by atoms with van der Waals surface area (Å²) in [5.41, 5.74) is 1.48. The quantitative estimate of drug-likeness (QED) is 0.179. The number of hydrogen-bond donors (Lipinski definition) is 1. The topological polar surface area (TPSA) is 83.3 Å². The average Bonchev–Trinajstić information content (AvgIpc) is 3.10. The van der Waals surface area contributed by atoms with Crippen molar-refractivity contribution in [2.75, 3.05) is 18.5 Å². The number of benzene rings is 2. The zero-order valence-electron chi connectivity index (χ0n) is 21.5. The number of carbonyl (C=O) groups is 1. The molecule has 190 valence electrons. The van der Waals surface area contributed by atoms with Crippen LogP contribution in [0, 0.1) is 6.57 Å². The number of aldehydes is 1. The number of pyridine rings is 1. The first-order chi connectivity index (χ1) is 17.7. The van der Waals surface area contributed by atoms with Crippen LogP contribution >= 0.6 is 0 Å². The Balaban J connectivity index is 1.41. The summed E-state index contributed by atoms with van der Waals surface area (Å²) >= 11 is 0. The van der Waals surface area contributed by atoms with E-state index in [1.807, 2.05) is 58.0 Å². The van der Waals surface area contributed by atoms with Gasteiger partial charge in [0.25, 0.3) is 0 Å². The molecule has 0 amide bonds. The van der Waals surface area contributed by atoms with E-state index in [0.717, 1.165) is 11.8 Å². The van der Waals surface area contributed by atoms with E-state index in [1.165, 1.54) is 0 Å². The summed E-state index contributed by atoms with van der Waals surface area (Å²) in [5, 5.41) is 3.14. The molecule has 1 saturated heterocycles. The summed E-state index contributed by atoms with van der Waals surface area (Å²) in [6, 6.07) is 18.3. The van der Waals surface area contributed by atoms with Crippen LogP contribution in [0.2, 0.25) is 0 Å². The summed E-state index contributed by atoms with van der Waals surface area (Å²) in [5.74, 6) is 1.13. The van der Waals surface area contributed by atoms with Crippen molar-refractivity contribution in [1.82, 2.24) is 4.98 Å². The van der Waals surface area contributed by atoms with Gasteiger partial charge in [-0.15, -0.1) is 0 Å². The lowest BCUT2D eigenvalue weighted by molar-refractivity contribution is 0.00578. The van der Waals surface area contributed by atoms with Gasteiger partial charge >= 0.3 is 7.12 Å². The highest BCUT2D eigenvalue weighted by atomic mass is 16.7. The van der Waals surface area contributed by atoms with Crippen molar-refractivity contribution in [2.24, 2.45) is 0 Å². The summed E-state index contributed by atoms with van der Waals surface area (Å²) in [4.78, 5) is 19.8. The predicted octanol–water partition coefficient (Wildman–Crippen LogP) is 5.17. The van der Waals surface area contributed by atoms with Crippen LogP contribution in [0.15, 0.2) is 60.7 Å². The molecule has 1 N–H and O–H groups in total. The standard InChI is InChI=1S/C28H30BN3O5/c1-27(2)28(3,4)37-29(36-27)23-12-11-22(17-21(23)18-33)35-25-14-13-24(30-5)26(32-25)31-15-16-34-19-20-9-7-6-8-10-20/h6-14,17-18H,15-16,19H2,1-4H3,(H,31,32). The van der Waals surface area contributed by atoms with Gasteiger partial charge in [-0.05, 0) is 63.0 Å². The molecule has 0 unspecified atom stereocenters. The van der Waals surface area contributed by atoms with Gasteiger partial charge in [0.05, 0.1) is 31.0 Å². The van der Waals surface area contributed by atoms with Crippen LogP contribution in [0.4, 0.5) is 11.5 Å². The fourth-order valence-corrected chi connectivity index (χ4v) is 3.74. The van der Waals surface area contributed by atoms with E-state index in [1.54, 1.807) is 30.3 Å². The maximum atomic E-state index is 11.9. The maximum absolute atomic E-state index is 11.9. The van der Waals surface area contributed by atoms with Gasteiger partial charge in [0.1, 0.15) is 17.9 Å². The fourth-order valence-electron chi connectivity index (χ4n) is 3.74. The number of nitrogens with zero attached hydrogens (tertiary/aromatic N) is 2. The largest absolute Gasteiger partial charge is 0.495 e. The van der Waals surface area contributed by atoms with E-state index in [4.69, 9.17) is 25.4 Å². The molecule has 0 aliphatic carbocycles. The Morgan fingerprint density at radius 2 is 1.78 bits per heavy atom. The Hall–Kier alpha value is -3.71. The monoisotopic (exact) mass is 499 g/mol. The van der Waals surface area contributed by atoms with Gasteiger partial charge in [0, 0.05) is 12.1 Å². The van der Waals surface area contributed by atoms with Gasteiger partial charge in [-0.1, -0.05) is 36.4 Å². The van der Waals surface area contributed by atoms with Crippen molar-refractivity contribution in [1.29, 1.82) is 0 Å². The molecule has 3 aromatic rings. The van der Waals surface area contributed by atoms with E-state index in [9.17, 15) is 4.79 Å². The van der Waals surface area contributed by atoms with Gasteiger partial charge in [-0.3, -0.25) is 4.79 Å². The fraction of sp³-hybridized carbons (Fsp3) is 0.321. The van der Waals surface area contributed by atoms with E-state index < -0.39 is 18.3 Å². The Bertz CT molecular complexity index is 1270. The Morgan fingerprint density at radius 3 is 2.46 bits per heavy atom. The molecular formula is C28H30BN3O5. The van der Waals surface area contributed by atoms with Crippen molar-refractivity contribution >= 4 is 30.4 Å². The number of nitrogens with one attached hydrogen (secondary N) is 1. The van der Waals surface area contributed by atoms with Crippen LogP contribution in [0.1, 0.15) is 43.6 Å². The normalized spacial score (nSPS) is 15.7. The molecule has 1 aliphatic heterocycles. The van der Waals surface area contributed by atoms with Gasteiger partial charge in [-0.25, -0.2) is 9.83 Å². The van der Waals surface area contributed by atoms with Gasteiger partial charge < -0.3 is 24.1 Å². The number of hydrogen-bond acceptors (Lipinski definition) is 7. The molecule has 1 aliphatic rings. The molecule has 1 aromatic heterocycles. The van der Waals surface area contributed by atoms with Crippen LogP contribution in [0.5, 0.6) is 11.6 Å². The minimum absolute atomic E-state index is 0.292. The number of carbonyl (C=O) groups excluding carboxylic acids is 1. The summed E-state index contributed by atoms with van der Waals surface area (Å²) in [6.45, 7) is 16.7. The maximum Gasteiger partial charge on any atom is 0.495 e. The molecule has 2 aromatic carbocycles. The number of rotatable bonds is 10. The number of aromatic nitrogens is 1. The first-order valence-corrected chi connectivity index (χ1v) is 12.1. The molecular weight excluding hydrogens is 469 g/mol. The van der Waals surface area contributed by atoms with E-state index in [2.05, 4.69) is 15.1 Å². The summed E-state index contributed by atoms with van der Waals surface area (Å²) < 4.78 is 23.8. The Morgan fingerprint density at radius 1 is 1.05 bits per heavy atom. The molecule has 8 nitrogen and oxygen atoms in total. The predicted molar refractivity (Wildman–Crippen MR) is 143 cm³/mol. The van der Waals surface area contributed by atoms with Crippen LogP contribution in [-0.4, -0.2) is 42.7 Å². The van der Waals surface area contributed by atoms with E-state index >= 15 is 0 Å². The minimum atomic E-state index is -0.657. The highest BCUT2D eigenvalue weighted by Gasteiger charge is 2.52. The van der Waals surface area contributed by atoms with Crippen molar-refractivity contribution < 1.29 is 23.6 Å². The third-order valence-electron chi connectivity index (χ3n) is 6.53. The van der Waals surface area contributed by atoms with Crippen molar-refractivity contribution in [3.8, 4) is 11.6 Å². The average molecular weight is 499 g/mol. The van der Waals surface area contributed by atoms with Gasteiger partial charge in [-0.2, -0.15) is 0 Å². The van der Waals surface area contributed by atoms with Crippen LogP contribution in [0.25, 0.3) is 4.85 Å². The van der Waals surface area contributed by atoms with E-state index in [-0.39, 0.29) is 0 Å². The Labute approximate surface area is 217 Å². The lowest BCUT2D eigenvalue weighted by atomic mass is 9.76. The summed E-state index contributed by atoms with van der Waals surface area (Å²) in [7, 11) is -0.657. The highest BCUT2D eigenvalue weighted by molar-refractivity contribution is 6.63. The number of anilines is 1. The highest BCUT2D eigenvalue weighted by Crippen LogP contribution is 2.37. The third kappa shape index (κ3) is 6.17. The van der Waals surface area contributed by atoms with Crippen LogP contribution in [0.3, 0.4) is 0 Å². The Kier molecular flexibility index (Phi) is 7.93. The molecule has 1 fully saturated rings. The van der Waals surface area contributed by atoms with Gasteiger partial charge in [0.15, 0.2) is 0 Å². The van der Waals surface area contributed by atoms with Crippen molar-refractivity contribution in [3.63, 3.8) is 0 Å². The van der Waals surface area contributed by atoms with Crippen LogP contribution in [-0.2, 0) is 20.7 Å². The smallest absolute Gasteiger partial charge is 0.439 e. The molecule has 0 saturated carbocycles. The molecule has 9 heteroatoms. The number of ether oxygens (including phenoxy) is 2. The summed E-state index contributed by atoms with van der Waals surface area (Å²) in [6.07, 6.45) is 0.755. The second kappa shape index (κ2) is 11.1. The molecule has 4 rings (SSSR count). The second-order valence-electron chi connectivity index (χ2n) is 9.69. The lowest BCUT2D eigenvalue weighted by Crippen LogP contribution is -2.41. The molecule has 2 heterocycles. The van der Waals surface area contributed by atoms with Gasteiger partial charge in [0.2, 0.25) is 11.6 Å². The lowest BCUT2D eigenvalue weighted by Gasteiger charge is -2.32. The SMILES string of the molecule is [C-]#[N+]c1ccc(Oc2ccc(B3OC(C)(C)C(C)(C)O3)c(C=O)c2)nc1NCCOCc1ccccc1. The third-order valence-corrected chi connectivity index (χ3v) is 6.53.